The lowest BCUT2D eigenvalue weighted by Gasteiger charge is -2.27. The first kappa shape index (κ1) is 18.0. The van der Waals surface area contributed by atoms with Gasteiger partial charge in [0, 0.05) is 12.7 Å². The first-order valence-corrected chi connectivity index (χ1v) is 9.57. The number of nitrogens with zero attached hydrogens (tertiary/aromatic N) is 3. The first-order chi connectivity index (χ1) is 13.8. The van der Waals surface area contributed by atoms with Gasteiger partial charge in [-0.3, -0.25) is 4.79 Å². The van der Waals surface area contributed by atoms with Crippen LogP contribution in [0.15, 0.2) is 91.3 Å². The van der Waals surface area contributed by atoms with Gasteiger partial charge >= 0.3 is 0 Å². The van der Waals surface area contributed by atoms with Crippen LogP contribution in [0.1, 0.15) is 29.7 Å². The maximum absolute atomic E-state index is 13.6. The van der Waals surface area contributed by atoms with Crippen molar-refractivity contribution in [2.24, 2.45) is 0 Å². The second-order valence-corrected chi connectivity index (χ2v) is 6.79. The smallest absolute Gasteiger partial charge is 0.234 e. The molecular formula is C24H23N3O. The van der Waals surface area contributed by atoms with Crippen molar-refractivity contribution in [1.82, 2.24) is 14.3 Å². The molecule has 140 valence electrons. The summed E-state index contributed by atoms with van der Waals surface area (Å²) in [7, 11) is 0. The topological polar surface area (TPSA) is 37.6 Å². The predicted molar refractivity (Wildman–Crippen MR) is 111 cm³/mol. The van der Waals surface area contributed by atoms with Gasteiger partial charge in [0.2, 0.25) is 5.91 Å². The molecule has 4 rings (SSSR count). The molecule has 0 bridgehead atoms. The van der Waals surface area contributed by atoms with Crippen LogP contribution in [0, 0.1) is 0 Å². The number of hydrogen-bond donors (Lipinski definition) is 0. The Morgan fingerprint density at radius 1 is 0.929 bits per heavy atom. The number of rotatable bonds is 6. The second kappa shape index (κ2) is 8.09. The molecular weight excluding hydrogens is 346 g/mol. The van der Waals surface area contributed by atoms with E-state index in [1.54, 1.807) is 0 Å². The zero-order chi connectivity index (χ0) is 19.3. The van der Waals surface area contributed by atoms with Crippen molar-refractivity contribution in [3.8, 4) is 0 Å². The quantitative estimate of drug-likeness (QED) is 0.501. The summed E-state index contributed by atoms with van der Waals surface area (Å²) >= 11 is 0. The third kappa shape index (κ3) is 3.54. The number of pyridine rings is 1. The van der Waals surface area contributed by atoms with Crippen LogP contribution in [0.3, 0.4) is 0 Å². The summed E-state index contributed by atoms with van der Waals surface area (Å²) in [5.74, 6) is -0.215. The van der Waals surface area contributed by atoms with Gasteiger partial charge in [-0.25, -0.2) is 4.98 Å². The highest BCUT2D eigenvalue weighted by molar-refractivity contribution is 5.87. The van der Waals surface area contributed by atoms with Crippen molar-refractivity contribution in [1.29, 1.82) is 0 Å². The van der Waals surface area contributed by atoms with E-state index in [0.29, 0.717) is 13.1 Å². The van der Waals surface area contributed by atoms with Crippen molar-refractivity contribution in [2.45, 2.75) is 19.4 Å². The van der Waals surface area contributed by atoms with Crippen molar-refractivity contribution in [3.63, 3.8) is 0 Å². The summed E-state index contributed by atoms with van der Waals surface area (Å²) in [5.41, 5.74) is 3.92. The number of likely N-dealkylation sites (N-methyl/N-ethyl adjacent to an activating group) is 1. The second-order valence-electron chi connectivity index (χ2n) is 6.79. The summed E-state index contributed by atoms with van der Waals surface area (Å²) < 4.78 is 2.04. The van der Waals surface area contributed by atoms with Crippen LogP contribution in [0.5, 0.6) is 0 Å². The highest BCUT2D eigenvalue weighted by Crippen LogP contribution is 2.27. The molecule has 0 aliphatic carbocycles. The molecule has 0 fully saturated rings. The van der Waals surface area contributed by atoms with E-state index in [4.69, 9.17) is 0 Å². The van der Waals surface area contributed by atoms with Gasteiger partial charge < -0.3 is 9.30 Å². The Bertz CT molecular complexity index is 1020. The Balaban J connectivity index is 1.68. The van der Waals surface area contributed by atoms with Gasteiger partial charge in [0.25, 0.3) is 0 Å². The third-order valence-electron chi connectivity index (χ3n) is 5.05. The van der Waals surface area contributed by atoms with E-state index < -0.39 is 0 Å². The number of carbonyl (C=O) groups is 1. The van der Waals surface area contributed by atoms with E-state index >= 15 is 0 Å². The largest absolute Gasteiger partial charge is 0.336 e. The number of amides is 1. The number of imidazole rings is 1. The van der Waals surface area contributed by atoms with Crippen LogP contribution in [0.25, 0.3) is 5.65 Å². The number of aromatic nitrogens is 2. The van der Waals surface area contributed by atoms with Gasteiger partial charge in [0.15, 0.2) is 0 Å². The van der Waals surface area contributed by atoms with Crippen molar-refractivity contribution < 1.29 is 4.79 Å². The van der Waals surface area contributed by atoms with Crippen LogP contribution in [0.4, 0.5) is 0 Å². The zero-order valence-electron chi connectivity index (χ0n) is 15.9. The summed E-state index contributed by atoms with van der Waals surface area (Å²) in [6, 6.07) is 25.9. The Morgan fingerprint density at radius 2 is 1.54 bits per heavy atom. The van der Waals surface area contributed by atoms with E-state index in [1.165, 1.54) is 0 Å². The highest BCUT2D eigenvalue weighted by Gasteiger charge is 2.27. The normalized spacial score (nSPS) is 11.1. The van der Waals surface area contributed by atoms with Gasteiger partial charge in [0.05, 0.1) is 24.4 Å². The Morgan fingerprint density at radius 3 is 2.14 bits per heavy atom. The molecule has 0 spiro atoms. The van der Waals surface area contributed by atoms with Crippen molar-refractivity contribution in [2.75, 3.05) is 6.54 Å². The SMILES string of the molecule is CCN(Cc1cnc2ccccn12)C(=O)C(c1ccccc1)c1ccccc1. The van der Waals surface area contributed by atoms with Gasteiger partial charge in [-0.1, -0.05) is 66.7 Å². The summed E-state index contributed by atoms with van der Waals surface area (Å²) in [6.45, 7) is 3.18. The van der Waals surface area contributed by atoms with Crippen LogP contribution < -0.4 is 0 Å². The predicted octanol–water partition coefficient (Wildman–Crippen LogP) is 4.51. The zero-order valence-corrected chi connectivity index (χ0v) is 15.9. The molecule has 2 aromatic heterocycles. The van der Waals surface area contributed by atoms with Crippen LogP contribution in [0.2, 0.25) is 0 Å². The molecule has 2 aromatic carbocycles. The molecule has 0 N–H and O–H groups in total. The minimum absolute atomic E-state index is 0.103. The monoisotopic (exact) mass is 369 g/mol. The average molecular weight is 369 g/mol. The fourth-order valence-corrected chi connectivity index (χ4v) is 3.59. The summed E-state index contributed by atoms with van der Waals surface area (Å²) in [4.78, 5) is 20.0. The van der Waals surface area contributed by atoms with Gasteiger partial charge in [-0.2, -0.15) is 0 Å². The van der Waals surface area contributed by atoms with E-state index in [9.17, 15) is 4.79 Å². The third-order valence-corrected chi connectivity index (χ3v) is 5.05. The fourth-order valence-electron chi connectivity index (χ4n) is 3.59. The minimum atomic E-state index is -0.318. The number of fused-ring (bicyclic) bond motifs is 1. The van der Waals surface area contributed by atoms with E-state index in [-0.39, 0.29) is 11.8 Å². The Hall–Kier alpha value is -3.40. The van der Waals surface area contributed by atoms with Crippen LogP contribution in [-0.4, -0.2) is 26.7 Å². The number of carbonyl (C=O) groups excluding carboxylic acids is 1. The van der Waals surface area contributed by atoms with Crippen LogP contribution >= 0.6 is 0 Å². The lowest BCUT2D eigenvalue weighted by atomic mass is 9.90. The maximum atomic E-state index is 13.6. The van der Waals surface area contributed by atoms with Gasteiger partial charge in [0.1, 0.15) is 5.65 Å². The Labute approximate surface area is 165 Å². The average Bonchev–Trinajstić information content (AvgIpc) is 3.16. The van der Waals surface area contributed by atoms with E-state index in [1.807, 2.05) is 107 Å². The lowest BCUT2D eigenvalue weighted by molar-refractivity contribution is -0.132. The van der Waals surface area contributed by atoms with E-state index in [2.05, 4.69) is 4.98 Å². The van der Waals surface area contributed by atoms with Crippen molar-refractivity contribution >= 4 is 11.6 Å². The molecule has 4 heteroatoms. The fraction of sp³-hybridized carbons (Fsp3) is 0.167. The molecule has 0 radical (unpaired) electrons. The van der Waals surface area contributed by atoms with Crippen LogP contribution in [-0.2, 0) is 11.3 Å². The molecule has 2 heterocycles. The van der Waals surface area contributed by atoms with Gasteiger partial charge in [-0.05, 0) is 30.2 Å². The number of hydrogen-bond acceptors (Lipinski definition) is 2. The standard InChI is InChI=1S/C24H23N3O/c1-2-26(18-21-17-25-22-15-9-10-16-27(21)22)24(28)23(19-11-5-3-6-12-19)20-13-7-4-8-14-20/h3-17,23H,2,18H2,1H3. The molecule has 4 nitrogen and oxygen atoms in total. The van der Waals surface area contributed by atoms with Crippen molar-refractivity contribution in [3.05, 3.63) is 108 Å². The molecule has 0 atom stereocenters. The summed E-state index contributed by atoms with van der Waals surface area (Å²) in [5, 5.41) is 0. The molecule has 0 saturated heterocycles. The molecule has 0 aliphatic rings. The maximum Gasteiger partial charge on any atom is 0.234 e. The molecule has 1 amide bonds. The summed E-state index contributed by atoms with van der Waals surface area (Å²) in [6.07, 6.45) is 3.84. The van der Waals surface area contributed by atoms with E-state index in [0.717, 1.165) is 22.5 Å². The molecule has 28 heavy (non-hydrogen) atoms. The lowest BCUT2D eigenvalue weighted by Crippen LogP contribution is -2.35. The molecule has 4 aromatic rings. The molecule has 0 unspecified atom stereocenters. The van der Waals surface area contributed by atoms with Gasteiger partial charge in [-0.15, -0.1) is 0 Å². The highest BCUT2D eigenvalue weighted by atomic mass is 16.2. The number of benzene rings is 2. The first-order valence-electron chi connectivity index (χ1n) is 9.57. The minimum Gasteiger partial charge on any atom is -0.336 e. The molecule has 0 aliphatic heterocycles. The Kier molecular flexibility index (Phi) is 5.20. The molecule has 0 saturated carbocycles.